The summed E-state index contributed by atoms with van der Waals surface area (Å²) in [5.41, 5.74) is -3.09. The van der Waals surface area contributed by atoms with Gasteiger partial charge in [-0.15, -0.1) is 0 Å². The van der Waals surface area contributed by atoms with Gasteiger partial charge in [0.2, 0.25) is 12.6 Å². The molecule has 2 aliphatic heterocycles. The summed E-state index contributed by atoms with van der Waals surface area (Å²) in [6.07, 6.45) is -2.97. The maximum Gasteiger partial charge on any atom is 0.217 e. The van der Waals surface area contributed by atoms with Gasteiger partial charge < -0.3 is 130 Å². The van der Waals surface area contributed by atoms with E-state index in [9.17, 15) is 91.9 Å². The van der Waals surface area contributed by atoms with Crippen LogP contribution in [-0.4, -0.2) is 269 Å². The molecule has 0 aromatic carbocycles. The Hall–Kier alpha value is -1.85. The van der Waals surface area contributed by atoms with E-state index in [0.717, 1.165) is 76.0 Å². The molecule has 2 saturated heterocycles. The molecule has 18 N–H and O–H groups in total. The lowest BCUT2D eigenvalue weighted by Crippen LogP contribution is -2.60. The molecule has 2 rings (SSSR count). The largest absolute Gasteiger partial charge is 0.506 e. The minimum atomic E-state index is -2.32. The molecule has 0 spiro atoms. The van der Waals surface area contributed by atoms with Crippen molar-refractivity contribution >= 4 is 11.8 Å². The summed E-state index contributed by atoms with van der Waals surface area (Å²) in [5, 5.41) is 190. The lowest BCUT2D eigenvalue weighted by molar-refractivity contribution is -0.308. The minimum Gasteiger partial charge on any atom is -0.506 e. The van der Waals surface area contributed by atoms with E-state index in [2.05, 4.69) is 13.8 Å². The van der Waals surface area contributed by atoms with Gasteiger partial charge in [0.25, 0.3) is 0 Å². The standard InChI is InChI=1S/C60H114O26S/c1-3-5-7-9-11-13-15-17-19-21-23-29-79-33-59(35-81-55(77)51(73)45(67)41(65)25-27-61,37-83-57-53(75)49(71)47(69)43(31-63)85-57)39-87-40-60(36-82-56(78)52(74)46(68)42(66)26-28-62,38-84-58-54(76)50(72)48(70)44(32-64)86-58)34-80-30-24-22-20-18-16-14-12-10-8-6-4-2/h41-44,47-50,53-58,61-78H,3-40H2,1-2H3/b51-45+,52-46+/t41-,42-,43?,44?,47-,48-,49?,50?,53?,54?,55+,56+,57-,58-,59?,60?/m1/s1. The predicted molar refractivity (Wildman–Crippen MR) is 320 cm³/mol. The van der Waals surface area contributed by atoms with Gasteiger partial charge in [-0.2, -0.15) is 11.8 Å². The summed E-state index contributed by atoms with van der Waals surface area (Å²) < 4.78 is 48.0. The Bertz CT molecular complexity index is 1650. The third-order valence-corrected chi connectivity index (χ3v) is 17.4. The SMILES string of the molecule is CCCCCCCCCCCCCOCC(CO[C@@H]1OC(CO)[C@@H](O)C(O)C1O)(CO[C@H](O)/C(O)=C(\O)[C@H](O)CCO)CSCC(COCCCCCCCCCCCCC)(CO[C@@H]1OC(CO)[C@@H](O)C(O)C1O)CO[C@H](O)/C(O)=C(\O)[C@H](O)CCO. The van der Waals surface area contributed by atoms with Gasteiger partial charge in [0.1, 0.15) is 61.0 Å². The fraction of sp³-hybridized carbons (Fsp3) is 0.933. The van der Waals surface area contributed by atoms with Gasteiger partial charge >= 0.3 is 0 Å². The highest BCUT2D eigenvalue weighted by Crippen LogP contribution is 2.36. The molecule has 2 heterocycles. The average molecular weight is 1280 g/mol. The fourth-order valence-corrected chi connectivity index (χ4v) is 11.5. The van der Waals surface area contributed by atoms with Crippen molar-refractivity contribution in [3.63, 3.8) is 0 Å². The first-order valence-electron chi connectivity index (χ1n) is 31.7. The van der Waals surface area contributed by atoms with Crippen LogP contribution in [0.25, 0.3) is 0 Å². The van der Waals surface area contributed by atoms with Gasteiger partial charge in [-0.1, -0.05) is 142 Å². The van der Waals surface area contributed by atoms with E-state index in [4.69, 9.17) is 37.9 Å². The number of hydrogen-bond acceptors (Lipinski definition) is 27. The highest BCUT2D eigenvalue weighted by molar-refractivity contribution is 7.99. The van der Waals surface area contributed by atoms with E-state index in [1.165, 1.54) is 64.2 Å². The van der Waals surface area contributed by atoms with E-state index in [1.54, 1.807) is 0 Å². The van der Waals surface area contributed by atoms with Crippen LogP contribution in [0.3, 0.4) is 0 Å². The Balaban J connectivity index is 2.69. The van der Waals surface area contributed by atoms with Gasteiger partial charge in [-0.3, -0.25) is 0 Å². The van der Waals surface area contributed by atoms with E-state index in [-0.39, 0.29) is 37.9 Å². The van der Waals surface area contributed by atoms with E-state index in [0.29, 0.717) is 12.8 Å². The third-order valence-electron chi connectivity index (χ3n) is 15.7. The minimum absolute atomic E-state index is 0.165. The molecule has 0 saturated carbocycles. The molecule has 0 aromatic rings. The van der Waals surface area contributed by atoms with Gasteiger partial charge in [0.05, 0.1) is 52.9 Å². The van der Waals surface area contributed by atoms with E-state index < -0.39 is 186 Å². The smallest absolute Gasteiger partial charge is 0.217 e. The van der Waals surface area contributed by atoms with Crippen molar-refractivity contribution in [3.8, 4) is 0 Å². The van der Waals surface area contributed by atoms with Crippen molar-refractivity contribution in [2.45, 2.75) is 254 Å². The molecule has 516 valence electrons. The molecule has 16 atom stereocenters. The summed E-state index contributed by atoms with van der Waals surface area (Å²) >= 11 is 1.09. The Morgan fingerprint density at radius 2 is 0.713 bits per heavy atom. The van der Waals surface area contributed by atoms with Crippen molar-refractivity contribution < 1.29 is 130 Å². The van der Waals surface area contributed by atoms with E-state index >= 15 is 0 Å². The van der Waals surface area contributed by atoms with Crippen LogP contribution in [0.1, 0.15) is 168 Å². The molecule has 2 fully saturated rings. The third kappa shape index (κ3) is 30.6. The molecule has 26 nitrogen and oxygen atoms in total. The number of unbranched alkanes of at least 4 members (excludes halogenated alkanes) is 20. The van der Waals surface area contributed by atoms with Crippen LogP contribution < -0.4 is 0 Å². The molecule has 27 heteroatoms. The van der Waals surface area contributed by atoms with Gasteiger partial charge in [0, 0.05) is 61.6 Å². The Labute approximate surface area is 518 Å². The first-order chi connectivity index (χ1) is 41.7. The molecule has 0 aliphatic carbocycles. The van der Waals surface area contributed by atoms with Gasteiger partial charge in [-0.25, -0.2) is 0 Å². The van der Waals surface area contributed by atoms with Crippen LogP contribution in [0.2, 0.25) is 0 Å². The molecule has 2 aliphatic rings. The lowest BCUT2D eigenvalue weighted by Gasteiger charge is -2.42. The van der Waals surface area contributed by atoms with Gasteiger partial charge in [-0.05, 0) is 12.8 Å². The Morgan fingerprint density at radius 3 is 1.01 bits per heavy atom. The Morgan fingerprint density at radius 1 is 0.402 bits per heavy atom. The van der Waals surface area contributed by atoms with Crippen LogP contribution in [0.15, 0.2) is 23.0 Å². The molecular weight excluding hydrogens is 1170 g/mol. The summed E-state index contributed by atoms with van der Waals surface area (Å²) in [5.74, 6) is -4.92. The fourth-order valence-electron chi connectivity index (χ4n) is 10.0. The highest BCUT2D eigenvalue weighted by atomic mass is 32.2. The predicted octanol–water partition coefficient (Wildman–Crippen LogP) is 2.79. The van der Waals surface area contributed by atoms with E-state index in [1.807, 2.05) is 0 Å². The quantitative estimate of drug-likeness (QED) is 0.0236. The first kappa shape index (κ1) is 81.2. The number of rotatable bonds is 54. The molecular formula is C60H114O26S. The molecule has 0 aromatic heterocycles. The topological polar surface area (TPSA) is 438 Å². The average Bonchev–Trinajstić information content (AvgIpc) is 3.72. The van der Waals surface area contributed by atoms with Crippen molar-refractivity contribution in [2.24, 2.45) is 10.8 Å². The van der Waals surface area contributed by atoms with Crippen molar-refractivity contribution in [2.75, 3.05) is 90.8 Å². The zero-order chi connectivity index (χ0) is 64.6. The van der Waals surface area contributed by atoms with Crippen LogP contribution in [-0.2, 0) is 37.9 Å². The summed E-state index contributed by atoms with van der Waals surface area (Å²) in [6, 6.07) is 0. The highest BCUT2D eigenvalue weighted by Gasteiger charge is 2.48. The van der Waals surface area contributed by atoms with Crippen LogP contribution in [0.4, 0.5) is 0 Å². The number of hydrogen-bond donors (Lipinski definition) is 18. The maximum atomic E-state index is 11.2. The van der Waals surface area contributed by atoms with Crippen molar-refractivity contribution in [3.05, 3.63) is 23.0 Å². The second-order valence-corrected chi connectivity index (χ2v) is 24.6. The van der Waals surface area contributed by atoms with Crippen molar-refractivity contribution in [1.82, 2.24) is 0 Å². The second kappa shape index (κ2) is 47.1. The molecule has 0 radical (unpaired) electrons. The first-order valence-corrected chi connectivity index (χ1v) is 32.9. The van der Waals surface area contributed by atoms with Crippen LogP contribution >= 0.6 is 11.8 Å². The molecule has 0 amide bonds. The molecule has 87 heavy (non-hydrogen) atoms. The van der Waals surface area contributed by atoms with Gasteiger partial charge in [0.15, 0.2) is 35.6 Å². The molecule has 0 bridgehead atoms. The zero-order valence-electron chi connectivity index (χ0n) is 51.7. The lowest BCUT2D eigenvalue weighted by atomic mass is 9.93. The number of aliphatic hydroxyl groups is 18. The van der Waals surface area contributed by atoms with Crippen LogP contribution in [0, 0.1) is 10.8 Å². The monoisotopic (exact) mass is 1280 g/mol. The molecule has 8 unspecified atom stereocenters. The summed E-state index contributed by atoms with van der Waals surface area (Å²) in [7, 11) is 0. The maximum absolute atomic E-state index is 11.2. The summed E-state index contributed by atoms with van der Waals surface area (Å²) in [6.45, 7) is -0.923. The summed E-state index contributed by atoms with van der Waals surface area (Å²) in [4.78, 5) is 0. The number of ether oxygens (including phenoxy) is 8. The van der Waals surface area contributed by atoms with Crippen molar-refractivity contribution in [1.29, 1.82) is 0 Å². The Kier molecular flexibility index (Phi) is 44.0. The zero-order valence-corrected chi connectivity index (χ0v) is 52.5. The number of thioether (sulfide) groups is 1. The number of aliphatic hydroxyl groups excluding tert-OH is 18. The van der Waals surface area contributed by atoms with Crippen LogP contribution in [0.5, 0.6) is 0 Å². The second-order valence-electron chi connectivity index (χ2n) is 23.6. The normalized spacial score (nSPS) is 26.2.